The number of rotatable bonds is 4. The van der Waals surface area contributed by atoms with Gasteiger partial charge in [0.05, 0.1) is 18.5 Å². The molecule has 7 heteroatoms. The number of hydrogen-bond donors (Lipinski definition) is 0. The minimum absolute atomic E-state index is 0.204. The molecule has 25 heavy (non-hydrogen) atoms. The third kappa shape index (κ3) is 5.57. The average molecular weight is 461 g/mol. The first-order valence-corrected chi connectivity index (χ1v) is 10.2. The van der Waals surface area contributed by atoms with Crippen molar-refractivity contribution in [2.45, 2.75) is 70.8 Å². The molecule has 1 aromatic rings. The molecule has 1 saturated carbocycles. The molecule has 140 valence electrons. The number of aromatic nitrogens is 2. The topological polar surface area (TPSA) is 56.6 Å². The summed E-state index contributed by atoms with van der Waals surface area (Å²) in [5, 5.41) is 0. The average Bonchev–Trinajstić information content (AvgIpc) is 2.89. The summed E-state index contributed by atoms with van der Waals surface area (Å²) in [6.07, 6.45) is 8.50. The van der Waals surface area contributed by atoms with Gasteiger partial charge in [0.25, 0.3) is 0 Å². The molecular weight excluding hydrogens is 433 g/mol. The molecule has 1 aliphatic carbocycles. The van der Waals surface area contributed by atoms with Crippen LogP contribution in [-0.2, 0) is 16.0 Å². The lowest BCUT2D eigenvalue weighted by Gasteiger charge is -2.40. The summed E-state index contributed by atoms with van der Waals surface area (Å²) in [6.45, 7) is 8.19. The van der Waals surface area contributed by atoms with Crippen LogP contribution in [0, 0.1) is 9.62 Å². The molecule has 1 aromatic heterocycles. The number of halogens is 1. The van der Waals surface area contributed by atoms with Crippen LogP contribution in [0.15, 0.2) is 12.5 Å². The third-order valence-electron chi connectivity index (χ3n) is 4.74. The SMILES string of the molecule is CC(C)(C)OC(=O)N1CCC(O[C@H]2C[C@H](Cn3cnc(I)c3)C2)CC1. The number of carbonyl (C=O) groups excluding carboxylic acids is 1. The number of carbonyl (C=O) groups is 1. The molecule has 0 N–H and O–H groups in total. The summed E-state index contributed by atoms with van der Waals surface area (Å²) >= 11 is 2.24. The molecule has 1 saturated heterocycles. The molecule has 0 unspecified atom stereocenters. The molecular formula is C18H28IN3O3. The van der Waals surface area contributed by atoms with Crippen LogP contribution in [0.4, 0.5) is 4.79 Å². The van der Waals surface area contributed by atoms with E-state index in [0.29, 0.717) is 12.0 Å². The highest BCUT2D eigenvalue weighted by Crippen LogP contribution is 2.33. The fraction of sp³-hybridized carbons (Fsp3) is 0.778. The van der Waals surface area contributed by atoms with Gasteiger partial charge in [-0.25, -0.2) is 9.78 Å². The van der Waals surface area contributed by atoms with E-state index in [4.69, 9.17) is 9.47 Å². The molecule has 0 radical (unpaired) electrons. The third-order valence-corrected chi connectivity index (χ3v) is 5.30. The zero-order valence-corrected chi connectivity index (χ0v) is 17.4. The van der Waals surface area contributed by atoms with E-state index in [1.807, 2.05) is 27.1 Å². The smallest absolute Gasteiger partial charge is 0.410 e. The van der Waals surface area contributed by atoms with Gasteiger partial charge in [-0.2, -0.15) is 0 Å². The maximum Gasteiger partial charge on any atom is 0.410 e. The molecule has 2 heterocycles. The Morgan fingerprint density at radius 1 is 1.28 bits per heavy atom. The molecule has 0 spiro atoms. The Hall–Kier alpha value is -0.830. The largest absolute Gasteiger partial charge is 0.444 e. The standard InChI is InChI=1S/C18H28IN3O3/c1-18(2,3)25-17(23)22-6-4-14(5-7-22)24-15-8-13(9-15)10-21-11-16(19)20-12-21/h11-15H,4-10H2,1-3H3/t13-,15-. The summed E-state index contributed by atoms with van der Waals surface area (Å²) in [6, 6.07) is 0. The molecule has 1 amide bonds. The lowest BCUT2D eigenvalue weighted by molar-refractivity contribution is -0.0958. The first kappa shape index (κ1) is 18.9. The number of nitrogens with zero attached hydrogens (tertiary/aromatic N) is 3. The van der Waals surface area contributed by atoms with Gasteiger partial charge in [0.1, 0.15) is 9.30 Å². The second-order valence-corrected chi connectivity index (χ2v) is 9.26. The Labute approximate surface area is 163 Å². The number of hydrogen-bond acceptors (Lipinski definition) is 4. The minimum atomic E-state index is -0.432. The van der Waals surface area contributed by atoms with Gasteiger partial charge in [-0.05, 0) is 75.0 Å². The van der Waals surface area contributed by atoms with E-state index in [1.54, 1.807) is 4.90 Å². The van der Waals surface area contributed by atoms with Crippen molar-refractivity contribution >= 4 is 28.7 Å². The maximum absolute atomic E-state index is 12.1. The van der Waals surface area contributed by atoms with E-state index in [1.165, 1.54) is 0 Å². The minimum Gasteiger partial charge on any atom is -0.444 e. The van der Waals surface area contributed by atoms with Crippen LogP contribution in [0.3, 0.4) is 0 Å². The van der Waals surface area contributed by atoms with Crippen molar-refractivity contribution in [3.05, 3.63) is 16.2 Å². The predicted octanol–water partition coefficient (Wildman–Crippen LogP) is 3.68. The summed E-state index contributed by atoms with van der Waals surface area (Å²) in [4.78, 5) is 18.1. The molecule has 6 nitrogen and oxygen atoms in total. The zero-order valence-electron chi connectivity index (χ0n) is 15.3. The second kappa shape index (κ2) is 7.82. The Morgan fingerprint density at radius 2 is 1.96 bits per heavy atom. The molecule has 0 atom stereocenters. The Bertz CT molecular complexity index is 585. The highest BCUT2D eigenvalue weighted by Gasteiger charge is 2.34. The summed E-state index contributed by atoms with van der Waals surface area (Å²) in [5.74, 6) is 0.692. The Balaban J connectivity index is 1.33. The highest BCUT2D eigenvalue weighted by molar-refractivity contribution is 14.1. The first-order chi connectivity index (χ1) is 11.8. The normalized spacial score (nSPS) is 24.9. The van der Waals surface area contributed by atoms with E-state index in [0.717, 1.165) is 49.0 Å². The molecule has 0 aromatic carbocycles. The van der Waals surface area contributed by atoms with Crippen molar-refractivity contribution in [2.75, 3.05) is 13.1 Å². The predicted molar refractivity (Wildman–Crippen MR) is 103 cm³/mol. The van der Waals surface area contributed by atoms with Gasteiger partial charge in [0, 0.05) is 25.8 Å². The van der Waals surface area contributed by atoms with Gasteiger partial charge in [0.2, 0.25) is 0 Å². The molecule has 1 aliphatic heterocycles. The second-order valence-electron chi connectivity index (χ2n) is 8.16. The van der Waals surface area contributed by atoms with Crippen LogP contribution in [0.25, 0.3) is 0 Å². The fourth-order valence-electron chi connectivity index (χ4n) is 3.44. The van der Waals surface area contributed by atoms with Gasteiger partial charge in [-0.1, -0.05) is 0 Å². The van der Waals surface area contributed by atoms with Crippen LogP contribution in [0.5, 0.6) is 0 Å². The van der Waals surface area contributed by atoms with Crippen LogP contribution < -0.4 is 0 Å². The Kier molecular flexibility index (Phi) is 5.92. The van der Waals surface area contributed by atoms with Crippen molar-refractivity contribution in [1.82, 2.24) is 14.5 Å². The highest BCUT2D eigenvalue weighted by atomic mass is 127. The van der Waals surface area contributed by atoms with E-state index in [-0.39, 0.29) is 12.2 Å². The Morgan fingerprint density at radius 3 is 2.52 bits per heavy atom. The van der Waals surface area contributed by atoms with Crippen LogP contribution in [0.2, 0.25) is 0 Å². The van der Waals surface area contributed by atoms with Crippen LogP contribution >= 0.6 is 22.6 Å². The maximum atomic E-state index is 12.1. The van der Waals surface area contributed by atoms with Crippen molar-refractivity contribution in [2.24, 2.45) is 5.92 Å². The van der Waals surface area contributed by atoms with E-state index in [9.17, 15) is 4.79 Å². The molecule has 2 aliphatic rings. The van der Waals surface area contributed by atoms with Gasteiger partial charge in [-0.3, -0.25) is 0 Å². The monoisotopic (exact) mass is 461 g/mol. The van der Waals surface area contributed by atoms with E-state index >= 15 is 0 Å². The quantitative estimate of drug-likeness (QED) is 0.643. The lowest BCUT2D eigenvalue weighted by Crippen LogP contribution is -2.45. The number of amides is 1. The van der Waals surface area contributed by atoms with Crippen molar-refractivity contribution in [3.8, 4) is 0 Å². The van der Waals surface area contributed by atoms with Gasteiger partial charge in [0.15, 0.2) is 0 Å². The van der Waals surface area contributed by atoms with Crippen molar-refractivity contribution < 1.29 is 14.3 Å². The molecule has 3 rings (SSSR count). The van der Waals surface area contributed by atoms with E-state index < -0.39 is 5.60 Å². The summed E-state index contributed by atoms with van der Waals surface area (Å²) < 4.78 is 14.9. The van der Waals surface area contributed by atoms with Crippen molar-refractivity contribution in [1.29, 1.82) is 0 Å². The van der Waals surface area contributed by atoms with Gasteiger partial charge in [-0.15, -0.1) is 0 Å². The summed E-state index contributed by atoms with van der Waals surface area (Å²) in [7, 11) is 0. The number of imidazole rings is 1. The number of piperidine rings is 1. The van der Waals surface area contributed by atoms with Crippen molar-refractivity contribution in [3.63, 3.8) is 0 Å². The number of ether oxygens (including phenoxy) is 2. The van der Waals surface area contributed by atoms with Crippen LogP contribution in [-0.4, -0.2) is 51.4 Å². The zero-order chi connectivity index (χ0) is 18.0. The van der Waals surface area contributed by atoms with E-state index in [2.05, 4.69) is 38.3 Å². The summed E-state index contributed by atoms with van der Waals surface area (Å²) in [5.41, 5.74) is -0.432. The number of likely N-dealkylation sites (tertiary alicyclic amines) is 1. The molecule has 2 fully saturated rings. The first-order valence-electron chi connectivity index (χ1n) is 9.09. The lowest BCUT2D eigenvalue weighted by atomic mass is 9.82. The van der Waals surface area contributed by atoms with Gasteiger partial charge >= 0.3 is 6.09 Å². The molecule has 0 bridgehead atoms. The fourth-order valence-corrected chi connectivity index (χ4v) is 3.92. The van der Waals surface area contributed by atoms with Crippen LogP contribution in [0.1, 0.15) is 46.5 Å². The van der Waals surface area contributed by atoms with Gasteiger partial charge < -0.3 is 18.9 Å².